The van der Waals surface area contributed by atoms with Gasteiger partial charge in [-0.05, 0) is 36.5 Å². The van der Waals surface area contributed by atoms with Gasteiger partial charge in [0.1, 0.15) is 0 Å². The normalized spacial score (nSPS) is 20.2. The van der Waals surface area contributed by atoms with Gasteiger partial charge in [-0.1, -0.05) is 40.5 Å². The van der Waals surface area contributed by atoms with Crippen LogP contribution >= 0.6 is 15.9 Å². The van der Waals surface area contributed by atoms with Crippen molar-refractivity contribution in [1.82, 2.24) is 19.8 Å². The van der Waals surface area contributed by atoms with E-state index in [4.69, 9.17) is 9.97 Å². The minimum Gasteiger partial charge on any atom is -0.342 e. The van der Waals surface area contributed by atoms with Gasteiger partial charge in [0, 0.05) is 62.4 Å². The minimum atomic E-state index is 0.181. The van der Waals surface area contributed by atoms with Crippen LogP contribution in [-0.4, -0.2) is 71.0 Å². The molecule has 7 heteroatoms. The minimum absolute atomic E-state index is 0.181. The van der Waals surface area contributed by atoms with Gasteiger partial charge in [-0.3, -0.25) is 9.69 Å². The molecule has 1 saturated heterocycles. The van der Waals surface area contributed by atoms with E-state index >= 15 is 0 Å². The summed E-state index contributed by atoms with van der Waals surface area (Å²) < 4.78 is 0.995. The summed E-state index contributed by atoms with van der Waals surface area (Å²) in [5.41, 5.74) is 3.34. The van der Waals surface area contributed by atoms with Gasteiger partial charge in [0.25, 0.3) is 0 Å². The van der Waals surface area contributed by atoms with E-state index in [0.29, 0.717) is 6.42 Å². The van der Waals surface area contributed by atoms with E-state index in [0.717, 1.165) is 79.8 Å². The van der Waals surface area contributed by atoms with E-state index in [1.54, 1.807) is 0 Å². The summed E-state index contributed by atoms with van der Waals surface area (Å²) in [6.45, 7) is 5.70. The van der Waals surface area contributed by atoms with E-state index in [-0.39, 0.29) is 5.91 Å². The average molecular weight is 484 g/mol. The van der Waals surface area contributed by atoms with E-state index in [2.05, 4.69) is 25.7 Å². The number of hydrogen-bond acceptors (Lipinski definition) is 5. The lowest BCUT2D eigenvalue weighted by Crippen LogP contribution is -2.52. The molecule has 0 radical (unpaired) electrons. The Morgan fingerprint density at radius 2 is 1.81 bits per heavy atom. The van der Waals surface area contributed by atoms with Crippen LogP contribution in [0.5, 0.6) is 0 Å². The molecule has 31 heavy (non-hydrogen) atoms. The number of piperazine rings is 1. The highest BCUT2D eigenvalue weighted by Crippen LogP contribution is 2.26. The number of aromatic nitrogens is 2. The monoisotopic (exact) mass is 483 g/mol. The largest absolute Gasteiger partial charge is 0.342 e. The van der Waals surface area contributed by atoms with Gasteiger partial charge in [-0.2, -0.15) is 0 Å². The molecule has 3 heterocycles. The average Bonchev–Trinajstić information content (AvgIpc) is 2.97. The molecule has 1 saturated carbocycles. The number of benzene rings is 1. The van der Waals surface area contributed by atoms with Gasteiger partial charge in [-0.15, -0.1) is 0 Å². The maximum absolute atomic E-state index is 12.9. The third-order valence-electron chi connectivity index (χ3n) is 7.05. The second kappa shape index (κ2) is 9.25. The molecule has 0 atom stereocenters. The number of fused-ring (bicyclic) bond motifs is 1. The maximum Gasteiger partial charge on any atom is 0.227 e. The molecule has 1 aliphatic carbocycles. The molecule has 0 spiro atoms. The SMILES string of the molecule is O=C(Cc1ccccc1Br)N1CCc2cnc(N3CCN(C4CCC4)CC3)nc2CC1. The predicted octanol–water partition coefficient (Wildman–Crippen LogP) is 3.08. The summed E-state index contributed by atoms with van der Waals surface area (Å²) >= 11 is 3.56. The summed E-state index contributed by atoms with van der Waals surface area (Å²) in [6, 6.07) is 8.77. The summed E-state index contributed by atoms with van der Waals surface area (Å²) in [6.07, 6.45) is 8.18. The Balaban J connectivity index is 1.20. The molecule has 0 bridgehead atoms. The summed E-state index contributed by atoms with van der Waals surface area (Å²) in [7, 11) is 0. The van der Waals surface area contributed by atoms with E-state index in [1.165, 1.54) is 24.8 Å². The molecule has 3 aliphatic rings. The molecule has 1 amide bonds. The van der Waals surface area contributed by atoms with Crippen LogP contribution in [0.1, 0.15) is 36.1 Å². The van der Waals surface area contributed by atoms with Crippen molar-refractivity contribution < 1.29 is 4.79 Å². The Hall–Kier alpha value is -1.99. The number of carbonyl (C=O) groups is 1. The lowest BCUT2D eigenvalue weighted by atomic mass is 9.91. The van der Waals surface area contributed by atoms with Gasteiger partial charge in [-0.25, -0.2) is 9.97 Å². The third-order valence-corrected chi connectivity index (χ3v) is 7.83. The molecule has 1 aromatic carbocycles. The zero-order chi connectivity index (χ0) is 21.2. The molecule has 2 aromatic rings. The first-order valence-corrected chi connectivity index (χ1v) is 12.3. The van der Waals surface area contributed by atoms with Gasteiger partial charge >= 0.3 is 0 Å². The molecule has 2 aliphatic heterocycles. The van der Waals surface area contributed by atoms with Crippen molar-refractivity contribution in [3.63, 3.8) is 0 Å². The third kappa shape index (κ3) is 4.62. The highest BCUT2D eigenvalue weighted by Gasteiger charge is 2.29. The van der Waals surface area contributed by atoms with Crippen molar-refractivity contribution >= 4 is 27.8 Å². The van der Waals surface area contributed by atoms with Crippen LogP contribution in [0.2, 0.25) is 0 Å². The van der Waals surface area contributed by atoms with Crippen LogP contribution in [0.25, 0.3) is 0 Å². The first kappa shape index (κ1) is 20.9. The maximum atomic E-state index is 12.9. The highest BCUT2D eigenvalue weighted by molar-refractivity contribution is 9.10. The fourth-order valence-corrected chi connectivity index (χ4v) is 5.25. The van der Waals surface area contributed by atoms with Crippen molar-refractivity contribution in [2.45, 2.75) is 44.6 Å². The van der Waals surface area contributed by atoms with E-state index in [9.17, 15) is 4.79 Å². The number of hydrogen-bond donors (Lipinski definition) is 0. The van der Waals surface area contributed by atoms with Gasteiger partial charge in [0.15, 0.2) is 0 Å². The first-order chi connectivity index (χ1) is 15.2. The Labute approximate surface area is 192 Å². The lowest BCUT2D eigenvalue weighted by molar-refractivity contribution is -0.130. The number of anilines is 1. The summed E-state index contributed by atoms with van der Waals surface area (Å²) in [5.74, 6) is 1.04. The number of rotatable bonds is 4. The Bertz CT molecular complexity index is 939. The van der Waals surface area contributed by atoms with Gasteiger partial charge in [0.2, 0.25) is 11.9 Å². The molecular weight excluding hydrogens is 454 g/mol. The van der Waals surface area contributed by atoms with Crippen molar-refractivity contribution in [2.24, 2.45) is 0 Å². The Morgan fingerprint density at radius 1 is 1.03 bits per heavy atom. The zero-order valence-electron chi connectivity index (χ0n) is 18.0. The Kier molecular flexibility index (Phi) is 6.23. The lowest BCUT2D eigenvalue weighted by Gasteiger charge is -2.43. The van der Waals surface area contributed by atoms with Gasteiger partial charge < -0.3 is 9.80 Å². The van der Waals surface area contributed by atoms with E-state index in [1.807, 2.05) is 35.4 Å². The molecule has 164 valence electrons. The molecule has 0 unspecified atom stereocenters. The fourth-order valence-electron chi connectivity index (χ4n) is 4.82. The van der Waals surface area contributed by atoms with Crippen molar-refractivity contribution in [3.05, 3.63) is 51.8 Å². The predicted molar refractivity (Wildman–Crippen MR) is 125 cm³/mol. The standard InChI is InChI=1S/C24H30BrN5O/c25-21-7-2-1-4-18(21)16-23(31)29-10-8-19-17-26-24(27-22(19)9-11-29)30-14-12-28(13-15-30)20-5-3-6-20/h1-2,4,7,17,20H,3,5-6,8-16H2. The second-order valence-corrected chi connectivity index (χ2v) is 9.75. The van der Waals surface area contributed by atoms with Crippen molar-refractivity contribution in [2.75, 3.05) is 44.2 Å². The first-order valence-electron chi connectivity index (χ1n) is 11.5. The number of amides is 1. The van der Waals surface area contributed by atoms with Crippen LogP contribution in [-0.2, 0) is 24.1 Å². The van der Waals surface area contributed by atoms with Crippen molar-refractivity contribution in [1.29, 1.82) is 0 Å². The van der Waals surface area contributed by atoms with Crippen LogP contribution in [0.4, 0.5) is 5.95 Å². The van der Waals surface area contributed by atoms with Crippen LogP contribution < -0.4 is 4.90 Å². The van der Waals surface area contributed by atoms with Crippen molar-refractivity contribution in [3.8, 4) is 0 Å². The summed E-state index contributed by atoms with van der Waals surface area (Å²) in [4.78, 5) is 29.5. The topological polar surface area (TPSA) is 52.6 Å². The zero-order valence-corrected chi connectivity index (χ0v) is 19.6. The summed E-state index contributed by atoms with van der Waals surface area (Å²) in [5, 5.41) is 0. The van der Waals surface area contributed by atoms with Crippen LogP contribution in [0, 0.1) is 0 Å². The number of halogens is 1. The quantitative estimate of drug-likeness (QED) is 0.668. The molecule has 6 nitrogen and oxygen atoms in total. The van der Waals surface area contributed by atoms with Crippen LogP contribution in [0.15, 0.2) is 34.9 Å². The molecule has 5 rings (SSSR count). The molecule has 1 aromatic heterocycles. The highest BCUT2D eigenvalue weighted by atomic mass is 79.9. The van der Waals surface area contributed by atoms with E-state index < -0.39 is 0 Å². The Morgan fingerprint density at radius 3 is 2.55 bits per heavy atom. The van der Waals surface area contributed by atoms with Crippen LogP contribution in [0.3, 0.4) is 0 Å². The molecule has 0 N–H and O–H groups in total. The smallest absolute Gasteiger partial charge is 0.227 e. The van der Waals surface area contributed by atoms with Gasteiger partial charge in [0.05, 0.1) is 12.1 Å². The number of carbonyl (C=O) groups excluding carboxylic acids is 1. The molecular formula is C24H30BrN5O. The fraction of sp³-hybridized carbons (Fsp3) is 0.542. The number of nitrogens with zero attached hydrogens (tertiary/aromatic N) is 5. The molecule has 2 fully saturated rings. The second-order valence-electron chi connectivity index (χ2n) is 8.90.